The lowest BCUT2D eigenvalue weighted by atomic mass is 9.84. The second-order valence-corrected chi connectivity index (χ2v) is 6.57. The molecule has 0 aliphatic carbocycles. The fourth-order valence-corrected chi connectivity index (χ4v) is 2.14. The first-order valence-electron chi connectivity index (χ1n) is 6.67. The van der Waals surface area contributed by atoms with Crippen LogP contribution >= 0.6 is 0 Å². The molecule has 0 aliphatic heterocycles. The number of nitrogens with zero attached hydrogens (tertiary/aromatic N) is 1. The fourth-order valence-electron chi connectivity index (χ4n) is 2.14. The molecule has 0 heterocycles. The highest BCUT2D eigenvalue weighted by molar-refractivity contribution is 4.67. The summed E-state index contributed by atoms with van der Waals surface area (Å²) in [5.41, 5.74) is 0.477. The average molecular weight is 228 g/mol. The van der Waals surface area contributed by atoms with Crippen LogP contribution in [0.4, 0.5) is 0 Å². The molecule has 0 saturated carbocycles. The van der Waals surface area contributed by atoms with E-state index < -0.39 is 0 Å². The van der Waals surface area contributed by atoms with Gasteiger partial charge in [-0.05, 0) is 64.3 Å². The molecule has 2 heteroatoms. The van der Waals surface area contributed by atoms with Crippen LogP contribution in [0.5, 0.6) is 0 Å². The lowest BCUT2D eigenvalue weighted by Crippen LogP contribution is -2.23. The summed E-state index contributed by atoms with van der Waals surface area (Å²) in [6, 6.07) is 0. The van der Waals surface area contributed by atoms with Crippen molar-refractivity contribution in [2.45, 2.75) is 47.0 Å². The van der Waals surface area contributed by atoms with Crippen molar-refractivity contribution < 1.29 is 0 Å². The number of nitrogens with one attached hydrogen (secondary N) is 1. The van der Waals surface area contributed by atoms with Gasteiger partial charge in [0.25, 0.3) is 0 Å². The highest BCUT2D eigenvalue weighted by atomic mass is 15.0. The zero-order valence-electron chi connectivity index (χ0n) is 12.3. The van der Waals surface area contributed by atoms with Crippen LogP contribution in [0.25, 0.3) is 0 Å². The molecule has 0 saturated heterocycles. The molecule has 0 radical (unpaired) electrons. The van der Waals surface area contributed by atoms with Gasteiger partial charge in [0.05, 0.1) is 0 Å². The third kappa shape index (κ3) is 12.0. The Hall–Kier alpha value is -0.0800. The monoisotopic (exact) mass is 228 g/mol. The van der Waals surface area contributed by atoms with Gasteiger partial charge in [-0.25, -0.2) is 0 Å². The lowest BCUT2D eigenvalue weighted by Gasteiger charge is -2.23. The minimum Gasteiger partial charge on any atom is -0.317 e. The van der Waals surface area contributed by atoms with Crippen LogP contribution in [0.1, 0.15) is 47.0 Å². The first-order chi connectivity index (χ1) is 7.31. The van der Waals surface area contributed by atoms with Crippen LogP contribution in [-0.2, 0) is 0 Å². The van der Waals surface area contributed by atoms with Crippen molar-refractivity contribution in [2.75, 3.05) is 33.7 Å². The van der Waals surface area contributed by atoms with E-state index >= 15 is 0 Å². The molecule has 98 valence electrons. The maximum atomic E-state index is 3.53. The van der Waals surface area contributed by atoms with Crippen molar-refractivity contribution in [3.8, 4) is 0 Å². The van der Waals surface area contributed by atoms with Crippen molar-refractivity contribution >= 4 is 0 Å². The maximum Gasteiger partial charge on any atom is -0.00127 e. The molecule has 0 aliphatic rings. The van der Waals surface area contributed by atoms with E-state index in [2.05, 4.69) is 52.0 Å². The molecule has 1 atom stereocenters. The third-order valence-electron chi connectivity index (χ3n) is 2.73. The van der Waals surface area contributed by atoms with Crippen molar-refractivity contribution in [2.24, 2.45) is 11.3 Å². The van der Waals surface area contributed by atoms with Crippen LogP contribution in [-0.4, -0.2) is 38.6 Å². The normalized spacial score (nSPS) is 14.4. The topological polar surface area (TPSA) is 15.3 Å². The molecule has 0 fully saturated rings. The second kappa shape index (κ2) is 8.08. The van der Waals surface area contributed by atoms with Gasteiger partial charge < -0.3 is 10.2 Å². The summed E-state index contributed by atoms with van der Waals surface area (Å²) in [6.07, 6.45) is 3.88. The second-order valence-electron chi connectivity index (χ2n) is 6.57. The van der Waals surface area contributed by atoms with Crippen LogP contribution < -0.4 is 5.32 Å². The number of hydrogen-bond donors (Lipinski definition) is 1. The molecule has 0 rings (SSSR count). The number of hydrogen-bond acceptors (Lipinski definition) is 2. The van der Waals surface area contributed by atoms with Crippen LogP contribution in [0.15, 0.2) is 0 Å². The van der Waals surface area contributed by atoms with Gasteiger partial charge in [-0.2, -0.15) is 0 Å². The molecule has 0 bridgehead atoms. The van der Waals surface area contributed by atoms with Crippen molar-refractivity contribution in [1.29, 1.82) is 0 Å². The largest absolute Gasteiger partial charge is 0.317 e. The van der Waals surface area contributed by atoms with Gasteiger partial charge in [-0.15, -0.1) is 0 Å². The predicted molar refractivity (Wildman–Crippen MR) is 73.9 cm³/mol. The summed E-state index contributed by atoms with van der Waals surface area (Å²) in [7, 11) is 4.26. The summed E-state index contributed by atoms with van der Waals surface area (Å²) in [4.78, 5) is 2.24. The van der Waals surface area contributed by atoms with Crippen molar-refractivity contribution in [3.05, 3.63) is 0 Å². The van der Waals surface area contributed by atoms with E-state index in [1.807, 2.05) is 0 Å². The van der Waals surface area contributed by atoms with Gasteiger partial charge in [-0.3, -0.25) is 0 Å². The highest BCUT2D eigenvalue weighted by Crippen LogP contribution is 2.25. The van der Waals surface area contributed by atoms with Crippen LogP contribution in [0, 0.1) is 11.3 Å². The van der Waals surface area contributed by atoms with Gasteiger partial charge in [0.1, 0.15) is 0 Å². The minimum atomic E-state index is 0.477. The van der Waals surface area contributed by atoms with Crippen LogP contribution in [0.2, 0.25) is 0 Å². The average Bonchev–Trinajstić information content (AvgIpc) is 2.07. The van der Waals surface area contributed by atoms with E-state index in [-0.39, 0.29) is 0 Å². The molecule has 0 aromatic carbocycles. The first kappa shape index (κ1) is 15.9. The molecule has 0 aromatic heterocycles. The fraction of sp³-hybridized carbons (Fsp3) is 1.00. The van der Waals surface area contributed by atoms with E-state index in [1.165, 1.54) is 32.4 Å². The SMILES string of the molecule is CC(CCNCCCN(C)C)CC(C)(C)C. The molecule has 2 nitrogen and oxygen atoms in total. The molecule has 16 heavy (non-hydrogen) atoms. The van der Waals surface area contributed by atoms with Crippen molar-refractivity contribution in [1.82, 2.24) is 10.2 Å². The summed E-state index contributed by atoms with van der Waals surface area (Å²) >= 11 is 0. The Morgan fingerprint density at radius 2 is 1.75 bits per heavy atom. The molecule has 0 aromatic rings. The Labute approximate surface area is 103 Å². The molecule has 1 unspecified atom stereocenters. The van der Waals surface area contributed by atoms with Gasteiger partial charge in [0.2, 0.25) is 0 Å². The minimum absolute atomic E-state index is 0.477. The predicted octanol–water partition coefficient (Wildman–Crippen LogP) is 2.99. The maximum absolute atomic E-state index is 3.53. The van der Waals surface area contributed by atoms with Gasteiger partial charge >= 0.3 is 0 Å². The smallest absolute Gasteiger partial charge is 0.00127 e. The Morgan fingerprint density at radius 3 is 2.25 bits per heavy atom. The van der Waals surface area contributed by atoms with E-state index in [0.29, 0.717) is 5.41 Å². The molecular weight excluding hydrogens is 196 g/mol. The highest BCUT2D eigenvalue weighted by Gasteiger charge is 2.14. The Kier molecular flexibility index (Phi) is 8.04. The lowest BCUT2D eigenvalue weighted by molar-refractivity contribution is 0.294. The van der Waals surface area contributed by atoms with Gasteiger partial charge in [0.15, 0.2) is 0 Å². The van der Waals surface area contributed by atoms with E-state index in [9.17, 15) is 0 Å². The Morgan fingerprint density at radius 1 is 1.12 bits per heavy atom. The van der Waals surface area contributed by atoms with E-state index in [1.54, 1.807) is 0 Å². The zero-order chi connectivity index (χ0) is 12.6. The molecular formula is C14H32N2. The van der Waals surface area contributed by atoms with Gasteiger partial charge in [0, 0.05) is 0 Å². The van der Waals surface area contributed by atoms with E-state index in [4.69, 9.17) is 0 Å². The molecule has 0 amide bonds. The third-order valence-corrected chi connectivity index (χ3v) is 2.73. The summed E-state index contributed by atoms with van der Waals surface area (Å²) < 4.78 is 0. The first-order valence-corrected chi connectivity index (χ1v) is 6.67. The Balaban J connectivity index is 3.31. The number of rotatable bonds is 8. The summed E-state index contributed by atoms with van der Waals surface area (Å²) in [6.45, 7) is 12.9. The van der Waals surface area contributed by atoms with E-state index in [0.717, 1.165) is 12.5 Å². The Bertz CT molecular complexity index is 159. The standard InChI is InChI=1S/C14H32N2/c1-13(12-14(2,3)4)8-10-15-9-7-11-16(5)6/h13,15H,7-12H2,1-6H3. The zero-order valence-corrected chi connectivity index (χ0v) is 12.3. The quantitative estimate of drug-likeness (QED) is 0.643. The van der Waals surface area contributed by atoms with Crippen LogP contribution in [0.3, 0.4) is 0 Å². The van der Waals surface area contributed by atoms with Gasteiger partial charge in [-0.1, -0.05) is 27.7 Å². The molecule has 1 N–H and O–H groups in total. The molecule has 0 spiro atoms. The van der Waals surface area contributed by atoms with Crippen molar-refractivity contribution in [3.63, 3.8) is 0 Å². The summed E-state index contributed by atoms with van der Waals surface area (Å²) in [5.74, 6) is 0.835. The summed E-state index contributed by atoms with van der Waals surface area (Å²) in [5, 5.41) is 3.53.